The number of hydrogen-bond donors (Lipinski definition) is 1. The molecule has 0 spiro atoms. The highest BCUT2D eigenvalue weighted by molar-refractivity contribution is 5.21. The first-order valence-electron chi connectivity index (χ1n) is 7.60. The maximum Gasteiger partial charge on any atom is 0.199 e. The van der Waals surface area contributed by atoms with Crippen molar-refractivity contribution in [2.45, 2.75) is 38.5 Å². The molecule has 3 heteroatoms. The Kier molecular flexibility index (Phi) is 4.16. The second-order valence-corrected chi connectivity index (χ2v) is 5.46. The van der Waals surface area contributed by atoms with Crippen LogP contribution >= 0.6 is 0 Å². The van der Waals surface area contributed by atoms with Crippen LogP contribution in [0.1, 0.15) is 48.6 Å². The summed E-state index contributed by atoms with van der Waals surface area (Å²) in [6.07, 6.45) is 4.07. The largest absolute Gasteiger partial charge is 0.445 e. The Hall–Kier alpha value is -1.61. The second kappa shape index (κ2) is 6.23. The quantitative estimate of drug-likeness (QED) is 0.926. The van der Waals surface area contributed by atoms with Crippen LogP contribution in [0.3, 0.4) is 0 Å². The zero-order chi connectivity index (χ0) is 13.8. The first-order valence-corrected chi connectivity index (χ1v) is 7.60. The summed E-state index contributed by atoms with van der Waals surface area (Å²) in [7, 11) is 0. The predicted octanol–water partition coefficient (Wildman–Crippen LogP) is 3.29. The van der Waals surface area contributed by atoms with E-state index in [9.17, 15) is 0 Å². The molecule has 1 aliphatic heterocycles. The minimum Gasteiger partial charge on any atom is -0.445 e. The van der Waals surface area contributed by atoms with E-state index in [1.54, 1.807) is 0 Å². The number of hydrogen-bond acceptors (Lipinski definition) is 3. The lowest BCUT2D eigenvalue weighted by molar-refractivity contribution is 0.370. The van der Waals surface area contributed by atoms with Gasteiger partial charge in [-0.25, -0.2) is 4.98 Å². The maximum atomic E-state index is 6.11. The van der Waals surface area contributed by atoms with Crippen LogP contribution in [0.25, 0.3) is 0 Å². The summed E-state index contributed by atoms with van der Waals surface area (Å²) in [5, 5.41) is 3.41. The Morgan fingerprint density at radius 2 is 1.95 bits per heavy atom. The molecule has 0 radical (unpaired) electrons. The fourth-order valence-electron chi connectivity index (χ4n) is 2.92. The average molecular weight is 270 g/mol. The van der Waals surface area contributed by atoms with E-state index < -0.39 is 0 Å². The van der Waals surface area contributed by atoms with Gasteiger partial charge < -0.3 is 9.73 Å². The van der Waals surface area contributed by atoms with Crippen molar-refractivity contribution in [3.8, 4) is 0 Å². The predicted molar refractivity (Wildman–Crippen MR) is 80.0 cm³/mol. The molecule has 2 heterocycles. The van der Waals surface area contributed by atoms with Crippen molar-refractivity contribution in [1.82, 2.24) is 10.3 Å². The van der Waals surface area contributed by atoms with Crippen molar-refractivity contribution in [1.29, 1.82) is 0 Å². The Morgan fingerprint density at radius 3 is 2.65 bits per heavy atom. The third-order valence-corrected chi connectivity index (χ3v) is 4.01. The normalized spacial score (nSPS) is 16.4. The SMILES string of the molecule is CCc1nc(Cc2ccccc2)oc1C1CCNCC1. The van der Waals surface area contributed by atoms with E-state index in [4.69, 9.17) is 9.40 Å². The average Bonchev–Trinajstić information content (AvgIpc) is 2.92. The van der Waals surface area contributed by atoms with E-state index in [2.05, 4.69) is 36.5 Å². The molecule has 2 aromatic rings. The lowest BCUT2D eigenvalue weighted by Crippen LogP contribution is -2.26. The molecular formula is C17H22N2O. The van der Waals surface area contributed by atoms with Crippen molar-refractivity contribution >= 4 is 0 Å². The number of nitrogens with zero attached hydrogens (tertiary/aromatic N) is 1. The number of rotatable bonds is 4. The van der Waals surface area contributed by atoms with Crippen molar-refractivity contribution < 1.29 is 4.42 Å². The summed E-state index contributed by atoms with van der Waals surface area (Å²) < 4.78 is 6.11. The van der Waals surface area contributed by atoms with Crippen LogP contribution in [-0.4, -0.2) is 18.1 Å². The lowest BCUT2D eigenvalue weighted by Gasteiger charge is -2.21. The summed E-state index contributed by atoms with van der Waals surface area (Å²) in [5.74, 6) is 2.55. The van der Waals surface area contributed by atoms with Gasteiger partial charge in [0.2, 0.25) is 0 Å². The Bertz CT molecular complexity index is 541. The standard InChI is InChI=1S/C17H22N2O/c1-2-15-17(14-8-10-18-11-9-14)20-16(19-15)12-13-6-4-3-5-7-13/h3-7,14,18H,2,8-12H2,1H3. The van der Waals surface area contributed by atoms with Crippen LogP contribution in [0, 0.1) is 0 Å². The molecule has 0 unspecified atom stereocenters. The molecule has 20 heavy (non-hydrogen) atoms. The zero-order valence-electron chi connectivity index (χ0n) is 12.1. The number of benzene rings is 1. The van der Waals surface area contributed by atoms with E-state index in [0.717, 1.165) is 56.1 Å². The highest BCUT2D eigenvalue weighted by Gasteiger charge is 2.23. The minimum absolute atomic E-state index is 0.545. The zero-order valence-corrected chi connectivity index (χ0v) is 12.1. The van der Waals surface area contributed by atoms with E-state index in [-0.39, 0.29) is 0 Å². The van der Waals surface area contributed by atoms with Gasteiger partial charge in [0.25, 0.3) is 0 Å². The van der Waals surface area contributed by atoms with Crippen LogP contribution in [-0.2, 0) is 12.8 Å². The molecule has 0 amide bonds. The molecule has 0 bridgehead atoms. The summed E-state index contributed by atoms with van der Waals surface area (Å²) in [6, 6.07) is 10.4. The number of piperidine rings is 1. The fraction of sp³-hybridized carbons (Fsp3) is 0.471. The Morgan fingerprint density at radius 1 is 1.20 bits per heavy atom. The monoisotopic (exact) mass is 270 g/mol. The number of aryl methyl sites for hydroxylation is 1. The van der Waals surface area contributed by atoms with Crippen LogP contribution < -0.4 is 5.32 Å². The highest BCUT2D eigenvalue weighted by Crippen LogP contribution is 2.29. The molecule has 106 valence electrons. The van der Waals surface area contributed by atoms with Gasteiger partial charge in [-0.3, -0.25) is 0 Å². The van der Waals surface area contributed by atoms with E-state index in [0.29, 0.717) is 5.92 Å². The minimum atomic E-state index is 0.545. The van der Waals surface area contributed by atoms with Gasteiger partial charge in [0.1, 0.15) is 5.76 Å². The lowest BCUT2D eigenvalue weighted by atomic mass is 9.94. The van der Waals surface area contributed by atoms with Gasteiger partial charge in [0.15, 0.2) is 5.89 Å². The van der Waals surface area contributed by atoms with Crippen molar-refractivity contribution in [2.24, 2.45) is 0 Å². The molecule has 1 aromatic heterocycles. The van der Waals surface area contributed by atoms with Gasteiger partial charge in [-0.2, -0.15) is 0 Å². The third-order valence-electron chi connectivity index (χ3n) is 4.01. The molecular weight excluding hydrogens is 248 g/mol. The molecule has 1 aromatic carbocycles. The summed E-state index contributed by atoms with van der Waals surface area (Å²) in [5.41, 5.74) is 2.41. The number of oxazole rings is 1. The molecule has 0 aliphatic carbocycles. The van der Waals surface area contributed by atoms with Gasteiger partial charge in [-0.1, -0.05) is 37.3 Å². The number of nitrogens with one attached hydrogen (secondary N) is 1. The summed E-state index contributed by atoms with van der Waals surface area (Å²) in [6.45, 7) is 4.33. The molecule has 3 rings (SSSR count). The van der Waals surface area contributed by atoms with Gasteiger partial charge >= 0.3 is 0 Å². The second-order valence-electron chi connectivity index (χ2n) is 5.46. The first-order chi connectivity index (χ1) is 9.86. The van der Waals surface area contributed by atoms with Gasteiger partial charge in [-0.15, -0.1) is 0 Å². The molecule has 1 N–H and O–H groups in total. The summed E-state index contributed by atoms with van der Waals surface area (Å²) in [4.78, 5) is 4.71. The molecule has 1 fully saturated rings. The van der Waals surface area contributed by atoms with Crippen molar-refractivity contribution in [3.63, 3.8) is 0 Å². The van der Waals surface area contributed by atoms with E-state index >= 15 is 0 Å². The van der Waals surface area contributed by atoms with Gasteiger partial charge in [-0.05, 0) is 37.9 Å². The van der Waals surface area contributed by atoms with Crippen LogP contribution in [0.4, 0.5) is 0 Å². The maximum absolute atomic E-state index is 6.11. The van der Waals surface area contributed by atoms with E-state index in [1.807, 2.05) is 6.07 Å². The molecule has 1 saturated heterocycles. The van der Waals surface area contributed by atoms with Crippen molar-refractivity contribution in [3.05, 3.63) is 53.2 Å². The first kappa shape index (κ1) is 13.4. The highest BCUT2D eigenvalue weighted by atomic mass is 16.4. The van der Waals surface area contributed by atoms with Crippen LogP contribution in [0.15, 0.2) is 34.7 Å². The molecule has 1 aliphatic rings. The van der Waals surface area contributed by atoms with Gasteiger partial charge in [0.05, 0.1) is 5.69 Å². The topological polar surface area (TPSA) is 38.1 Å². The fourth-order valence-corrected chi connectivity index (χ4v) is 2.92. The number of aromatic nitrogens is 1. The molecule has 0 atom stereocenters. The van der Waals surface area contributed by atoms with Gasteiger partial charge in [0, 0.05) is 12.3 Å². The van der Waals surface area contributed by atoms with Crippen LogP contribution in [0.5, 0.6) is 0 Å². The van der Waals surface area contributed by atoms with Crippen LogP contribution in [0.2, 0.25) is 0 Å². The third kappa shape index (κ3) is 2.93. The van der Waals surface area contributed by atoms with Crippen molar-refractivity contribution in [2.75, 3.05) is 13.1 Å². The van der Waals surface area contributed by atoms with E-state index in [1.165, 1.54) is 5.56 Å². The molecule has 0 saturated carbocycles. The Balaban J connectivity index is 1.81. The Labute approximate surface area is 120 Å². The molecule has 3 nitrogen and oxygen atoms in total. The smallest absolute Gasteiger partial charge is 0.199 e. The summed E-state index contributed by atoms with van der Waals surface area (Å²) >= 11 is 0.